The Morgan fingerprint density at radius 1 is 1.37 bits per heavy atom. The second kappa shape index (κ2) is 4.78. The summed E-state index contributed by atoms with van der Waals surface area (Å²) in [6.07, 6.45) is 0.862. The van der Waals surface area contributed by atoms with Gasteiger partial charge in [0.1, 0.15) is 0 Å². The maximum Gasteiger partial charge on any atom is 0.307 e. The van der Waals surface area contributed by atoms with Gasteiger partial charge in [-0.3, -0.25) is 9.59 Å². The van der Waals surface area contributed by atoms with Crippen molar-refractivity contribution < 1.29 is 19.4 Å². The van der Waals surface area contributed by atoms with Crippen molar-refractivity contribution in [2.24, 2.45) is 17.3 Å². The molecule has 5 heteroatoms. The molecule has 1 heterocycles. The highest BCUT2D eigenvalue weighted by Gasteiger charge is 2.67. The number of carbonyl (C=O) groups excluding carboxylic acids is 1. The summed E-state index contributed by atoms with van der Waals surface area (Å²) in [4.78, 5) is 25.6. The highest BCUT2D eigenvalue weighted by atomic mass is 16.5. The van der Waals surface area contributed by atoms with Crippen molar-refractivity contribution in [2.75, 3.05) is 13.2 Å². The first-order valence-electron chi connectivity index (χ1n) is 6.95. The zero-order valence-corrected chi connectivity index (χ0v) is 12.0. The topological polar surface area (TPSA) is 66.8 Å². The van der Waals surface area contributed by atoms with Gasteiger partial charge in [-0.1, -0.05) is 20.8 Å². The average molecular weight is 269 g/mol. The first-order chi connectivity index (χ1) is 8.80. The molecule has 0 bridgehead atoms. The van der Waals surface area contributed by atoms with Crippen molar-refractivity contribution in [3.8, 4) is 0 Å². The fourth-order valence-electron chi connectivity index (χ4n) is 3.19. The summed E-state index contributed by atoms with van der Waals surface area (Å²) < 4.78 is 5.58. The van der Waals surface area contributed by atoms with Crippen LogP contribution in [0.5, 0.6) is 0 Å². The van der Waals surface area contributed by atoms with Crippen LogP contribution in [0, 0.1) is 17.3 Å². The smallest absolute Gasteiger partial charge is 0.307 e. The van der Waals surface area contributed by atoms with Crippen LogP contribution < -0.4 is 0 Å². The van der Waals surface area contributed by atoms with E-state index >= 15 is 0 Å². The Hall–Kier alpha value is -1.10. The Balaban J connectivity index is 2.13. The van der Waals surface area contributed by atoms with Gasteiger partial charge in [0.05, 0.1) is 30.6 Å². The number of aliphatic carboxylic acids is 1. The number of carboxylic acid groups (broad SMARTS) is 1. The lowest BCUT2D eigenvalue weighted by molar-refractivity contribution is -0.149. The van der Waals surface area contributed by atoms with Gasteiger partial charge in [0.2, 0.25) is 5.91 Å². The highest BCUT2D eigenvalue weighted by molar-refractivity contribution is 5.91. The molecule has 1 saturated carbocycles. The van der Waals surface area contributed by atoms with Crippen LogP contribution >= 0.6 is 0 Å². The highest BCUT2D eigenvalue weighted by Crippen LogP contribution is 2.59. The Bertz CT molecular complexity index is 393. The van der Waals surface area contributed by atoms with Gasteiger partial charge < -0.3 is 14.7 Å². The van der Waals surface area contributed by atoms with Crippen LogP contribution in [0.4, 0.5) is 0 Å². The van der Waals surface area contributed by atoms with Crippen LogP contribution in [-0.2, 0) is 14.3 Å². The Morgan fingerprint density at radius 3 is 2.47 bits per heavy atom. The van der Waals surface area contributed by atoms with Gasteiger partial charge in [-0.2, -0.15) is 0 Å². The van der Waals surface area contributed by atoms with Crippen molar-refractivity contribution in [2.45, 2.75) is 46.3 Å². The van der Waals surface area contributed by atoms with Crippen LogP contribution in [0.15, 0.2) is 0 Å². The van der Waals surface area contributed by atoms with Crippen molar-refractivity contribution in [3.63, 3.8) is 0 Å². The predicted octanol–water partition coefficient (Wildman–Crippen LogP) is 1.37. The van der Waals surface area contributed by atoms with Crippen molar-refractivity contribution in [1.29, 1.82) is 0 Å². The molecule has 19 heavy (non-hydrogen) atoms. The van der Waals surface area contributed by atoms with E-state index in [4.69, 9.17) is 4.74 Å². The maximum absolute atomic E-state index is 12.6. The Labute approximate surface area is 113 Å². The van der Waals surface area contributed by atoms with Crippen molar-refractivity contribution in [1.82, 2.24) is 4.90 Å². The molecular weight excluding hydrogens is 246 g/mol. The minimum absolute atomic E-state index is 0.0144. The quantitative estimate of drug-likeness (QED) is 0.840. The predicted molar refractivity (Wildman–Crippen MR) is 69.6 cm³/mol. The molecule has 0 aromatic carbocycles. The van der Waals surface area contributed by atoms with E-state index in [0.717, 1.165) is 6.42 Å². The second-order valence-corrected chi connectivity index (χ2v) is 6.31. The number of hydrogen-bond acceptors (Lipinski definition) is 3. The number of carboxylic acids is 1. The lowest BCUT2D eigenvalue weighted by Crippen LogP contribution is -2.52. The van der Waals surface area contributed by atoms with E-state index in [1.807, 2.05) is 32.6 Å². The van der Waals surface area contributed by atoms with Gasteiger partial charge in [0.15, 0.2) is 0 Å². The van der Waals surface area contributed by atoms with E-state index in [0.29, 0.717) is 13.2 Å². The number of ether oxygens (including phenoxy) is 1. The maximum atomic E-state index is 12.6. The first kappa shape index (κ1) is 14.3. The summed E-state index contributed by atoms with van der Waals surface area (Å²) in [5, 5.41) is 9.19. The zero-order chi connectivity index (χ0) is 14.4. The number of hydrogen-bond donors (Lipinski definition) is 1. The molecule has 0 aromatic rings. The van der Waals surface area contributed by atoms with Crippen LogP contribution in [0.25, 0.3) is 0 Å². The van der Waals surface area contributed by atoms with E-state index in [1.165, 1.54) is 0 Å². The summed E-state index contributed by atoms with van der Waals surface area (Å²) in [6.45, 7) is 8.80. The van der Waals surface area contributed by atoms with E-state index in [-0.39, 0.29) is 24.0 Å². The van der Waals surface area contributed by atoms with E-state index < -0.39 is 17.3 Å². The molecule has 108 valence electrons. The molecule has 1 amide bonds. The molecule has 5 nitrogen and oxygen atoms in total. The Kier molecular flexibility index (Phi) is 3.60. The van der Waals surface area contributed by atoms with Crippen LogP contribution in [0.3, 0.4) is 0 Å². The van der Waals surface area contributed by atoms with Crippen LogP contribution in [-0.4, -0.2) is 47.2 Å². The molecular formula is C14H23NO4. The summed E-state index contributed by atoms with van der Waals surface area (Å²) >= 11 is 0. The molecule has 2 unspecified atom stereocenters. The fourth-order valence-corrected chi connectivity index (χ4v) is 3.19. The molecule has 0 aromatic heterocycles. The third-order valence-electron chi connectivity index (χ3n) is 4.58. The SMILES string of the molecule is CCC1COC(C)CN1C(=O)[C@H]1[C@@H](C(=O)O)C1(C)C. The van der Waals surface area contributed by atoms with Crippen molar-refractivity contribution >= 4 is 11.9 Å². The van der Waals surface area contributed by atoms with Gasteiger partial charge >= 0.3 is 5.97 Å². The molecule has 1 aliphatic carbocycles. The van der Waals surface area contributed by atoms with Gasteiger partial charge in [0, 0.05) is 6.54 Å². The first-order valence-corrected chi connectivity index (χ1v) is 6.95. The number of carbonyl (C=O) groups is 2. The molecule has 2 aliphatic rings. The summed E-state index contributed by atoms with van der Waals surface area (Å²) in [5.41, 5.74) is -0.428. The Morgan fingerprint density at radius 2 is 2.00 bits per heavy atom. The number of amides is 1. The zero-order valence-electron chi connectivity index (χ0n) is 12.0. The van der Waals surface area contributed by atoms with Gasteiger partial charge in [-0.05, 0) is 18.8 Å². The molecule has 1 aliphatic heterocycles. The normalized spacial score (nSPS) is 36.9. The molecule has 1 N–H and O–H groups in total. The number of rotatable bonds is 3. The summed E-state index contributed by atoms with van der Waals surface area (Å²) in [5.74, 6) is -1.81. The van der Waals surface area contributed by atoms with E-state index in [9.17, 15) is 14.7 Å². The lowest BCUT2D eigenvalue weighted by Gasteiger charge is -2.38. The molecule has 1 saturated heterocycles. The van der Waals surface area contributed by atoms with Crippen LogP contribution in [0.2, 0.25) is 0 Å². The van der Waals surface area contributed by atoms with Crippen molar-refractivity contribution in [3.05, 3.63) is 0 Å². The van der Waals surface area contributed by atoms with E-state index in [2.05, 4.69) is 0 Å². The molecule has 2 fully saturated rings. The molecule has 4 atom stereocenters. The number of morpholine rings is 1. The standard InChI is InChI=1S/C14H23NO4/c1-5-9-7-19-8(2)6-15(9)12(16)10-11(13(17)18)14(10,3)4/h8-11H,5-7H2,1-4H3,(H,17,18)/t8?,9?,10-,11+/m1/s1. The second-order valence-electron chi connectivity index (χ2n) is 6.31. The largest absolute Gasteiger partial charge is 0.481 e. The minimum atomic E-state index is -0.863. The monoisotopic (exact) mass is 269 g/mol. The van der Waals surface area contributed by atoms with Gasteiger partial charge in [-0.25, -0.2) is 0 Å². The summed E-state index contributed by atoms with van der Waals surface area (Å²) in [6, 6.07) is 0.0783. The van der Waals surface area contributed by atoms with Gasteiger partial charge in [0.25, 0.3) is 0 Å². The summed E-state index contributed by atoms with van der Waals surface area (Å²) in [7, 11) is 0. The lowest BCUT2D eigenvalue weighted by atomic mass is 10.1. The van der Waals surface area contributed by atoms with E-state index in [1.54, 1.807) is 0 Å². The minimum Gasteiger partial charge on any atom is -0.481 e. The third kappa shape index (κ3) is 2.36. The fraction of sp³-hybridized carbons (Fsp3) is 0.857. The average Bonchev–Trinajstić information content (AvgIpc) is 2.91. The molecule has 0 spiro atoms. The molecule has 2 rings (SSSR count). The number of nitrogens with zero attached hydrogens (tertiary/aromatic N) is 1. The third-order valence-corrected chi connectivity index (χ3v) is 4.58. The van der Waals surface area contributed by atoms with Gasteiger partial charge in [-0.15, -0.1) is 0 Å². The van der Waals surface area contributed by atoms with Crippen LogP contribution in [0.1, 0.15) is 34.1 Å². The molecule has 0 radical (unpaired) electrons.